The van der Waals surface area contributed by atoms with Crippen LogP contribution in [0.3, 0.4) is 0 Å². The van der Waals surface area contributed by atoms with Crippen molar-refractivity contribution in [2.45, 2.75) is 32.2 Å². The predicted octanol–water partition coefficient (Wildman–Crippen LogP) is 3.38. The summed E-state index contributed by atoms with van der Waals surface area (Å²) >= 11 is 1.72. The Morgan fingerprint density at radius 1 is 1.32 bits per heavy atom. The van der Waals surface area contributed by atoms with E-state index in [9.17, 15) is 0 Å². The van der Waals surface area contributed by atoms with Gasteiger partial charge in [0, 0.05) is 25.1 Å². The zero-order chi connectivity index (χ0) is 13.2. The van der Waals surface area contributed by atoms with E-state index in [0.717, 1.165) is 29.6 Å². The van der Waals surface area contributed by atoms with Crippen LogP contribution in [0.25, 0.3) is 0 Å². The topological polar surface area (TPSA) is 49.8 Å². The van der Waals surface area contributed by atoms with Crippen LogP contribution in [0.1, 0.15) is 35.7 Å². The number of hydrogen-bond donors (Lipinski definition) is 2. The summed E-state index contributed by atoms with van der Waals surface area (Å²) in [6, 6.07) is 2.13. The van der Waals surface area contributed by atoms with Crippen molar-refractivity contribution in [1.82, 2.24) is 9.97 Å². The second-order valence-corrected chi connectivity index (χ2v) is 5.69. The maximum atomic E-state index is 4.68. The summed E-state index contributed by atoms with van der Waals surface area (Å²) in [6.07, 6.45) is 2.44. The molecule has 1 fully saturated rings. The molecule has 19 heavy (non-hydrogen) atoms. The number of thiophene rings is 1. The van der Waals surface area contributed by atoms with Gasteiger partial charge in [-0.05, 0) is 42.2 Å². The van der Waals surface area contributed by atoms with Crippen molar-refractivity contribution >= 4 is 23.0 Å². The first-order valence-corrected chi connectivity index (χ1v) is 7.53. The van der Waals surface area contributed by atoms with Crippen LogP contribution in [0.5, 0.6) is 0 Å². The van der Waals surface area contributed by atoms with Crippen molar-refractivity contribution in [3.05, 3.63) is 33.8 Å². The van der Waals surface area contributed by atoms with Gasteiger partial charge in [0.25, 0.3) is 0 Å². The molecule has 0 spiro atoms. The normalized spacial score (nSPS) is 14.4. The number of nitrogens with zero attached hydrogens (tertiary/aromatic N) is 2. The highest BCUT2D eigenvalue weighted by Gasteiger charge is 2.28. The van der Waals surface area contributed by atoms with Gasteiger partial charge in [-0.2, -0.15) is 11.3 Å². The summed E-state index contributed by atoms with van der Waals surface area (Å²) in [6.45, 7) is 2.87. The maximum Gasteiger partial charge on any atom is 0.136 e. The molecule has 1 aliphatic rings. The minimum atomic E-state index is 0.564. The van der Waals surface area contributed by atoms with Crippen LogP contribution in [0, 0.1) is 6.92 Å². The Morgan fingerprint density at radius 3 is 2.74 bits per heavy atom. The molecule has 2 aromatic rings. The third-order valence-corrected chi connectivity index (χ3v) is 4.11. The van der Waals surface area contributed by atoms with Gasteiger partial charge < -0.3 is 10.6 Å². The van der Waals surface area contributed by atoms with Gasteiger partial charge in [0.1, 0.15) is 17.5 Å². The van der Waals surface area contributed by atoms with Gasteiger partial charge in [0.05, 0.1) is 0 Å². The molecule has 3 rings (SSSR count). The van der Waals surface area contributed by atoms with Gasteiger partial charge in [-0.25, -0.2) is 9.97 Å². The van der Waals surface area contributed by atoms with Crippen molar-refractivity contribution in [3.8, 4) is 0 Å². The van der Waals surface area contributed by atoms with Crippen molar-refractivity contribution in [1.29, 1.82) is 0 Å². The molecule has 0 bridgehead atoms. The summed E-state index contributed by atoms with van der Waals surface area (Å²) in [5, 5.41) is 10.8. The van der Waals surface area contributed by atoms with Crippen LogP contribution in [0.4, 0.5) is 11.6 Å². The minimum Gasteiger partial charge on any atom is -0.373 e. The molecule has 0 saturated heterocycles. The second kappa shape index (κ2) is 5.17. The Balaban J connectivity index is 1.83. The number of aromatic nitrogens is 2. The molecule has 2 N–H and O–H groups in total. The van der Waals surface area contributed by atoms with Gasteiger partial charge >= 0.3 is 0 Å². The highest BCUT2D eigenvalue weighted by Crippen LogP contribution is 2.39. The molecule has 0 atom stereocenters. The lowest BCUT2D eigenvalue weighted by atomic mass is 10.2. The van der Waals surface area contributed by atoms with Crippen molar-refractivity contribution in [2.24, 2.45) is 0 Å². The summed E-state index contributed by atoms with van der Waals surface area (Å²) < 4.78 is 0. The van der Waals surface area contributed by atoms with E-state index in [-0.39, 0.29) is 0 Å². The Labute approximate surface area is 117 Å². The SMILES string of the molecule is CNc1nc(C2CC2)nc(NCc2ccsc2)c1C. The Bertz CT molecular complexity index is 561. The standard InChI is InChI=1S/C14H18N4S/c1-9-12(15-2)17-14(11-3-4-11)18-13(9)16-7-10-5-6-19-8-10/h5-6,8,11H,3-4,7H2,1-2H3,(H2,15,16,17,18). The number of hydrogen-bond acceptors (Lipinski definition) is 5. The van der Waals surface area contributed by atoms with Gasteiger partial charge in [0.15, 0.2) is 0 Å². The van der Waals surface area contributed by atoms with E-state index in [1.165, 1.54) is 18.4 Å². The highest BCUT2D eigenvalue weighted by molar-refractivity contribution is 7.07. The quantitative estimate of drug-likeness (QED) is 0.877. The van der Waals surface area contributed by atoms with Crippen LogP contribution in [-0.2, 0) is 6.54 Å². The minimum absolute atomic E-state index is 0.564. The van der Waals surface area contributed by atoms with Crippen LogP contribution in [-0.4, -0.2) is 17.0 Å². The van der Waals surface area contributed by atoms with E-state index in [0.29, 0.717) is 5.92 Å². The Hall–Kier alpha value is -1.62. The third-order valence-electron chi connectivity index (χ3n) is 3.38. The molecule has 5 heteroatoms. The number of nitrogens with one attached hydrogen (secondary N) is 2. The first kappa shape index (κ1) is 12.4. The van der Waals surface area contributed by atoms with E-state index in [2.05, 4.69) is 44.4 Å². The summed E-state index contributed by atoms with van der Waals surface area (Å²) in [5.74, 6) is 3.43. The molecule has 100 valence electrons. The molecule has 2 heterocycles. The van der Waals surface area contributed by atoms with Crippen LogP contribution in [0.15, 0.2) is 16.8 Å². The molecule has 4 nitrogen and oxygen atoms in total. The van der Waals surface area contributed by atoms with E-state index in [1.54, 1.807) is 11.3 Å². The van der Waals surface area contributed by atoms with Gasteiger partial charge in [-0.3, -0.25) is 0 Å². The lowest BCUT2D eigenvalue weighted by Gasteiger charge is -2.13. The fourth-order valence-electron chi connectivity index (χ4n) is 2.05. The number of anilines is 2. The van der Waals surface area contributed by atoms with Crippen molar-refractivity contribution in [3.63, 3.8) is 0 Å². The van der Waals surface area contributed by atoms with Crippen LogP contribution < -0.4 is 10.6 Å². The van der Waals surface area contributed by atoms with E-state index in [4.69, 9.17) is 0 Å². The summed E-state index contributed by atoms with van der Waals surface area (Å²) in [5.41, 5.74) is 2.38. The maximum absolute atomic E-state index is 4.68. The molecule has 0 aromatic carbocycles. The Kier molecular flexibility index (Phi) is 3.38. The average Bonchev–Trinajstić information content (AvgIpc) is 3.14. The lowest BCUT2D eigenvalue weighted by molar-refractivity contribution is 0.914. The molecular weight excluding hydrogens is 256 g/mol. The molecule has 2 aromatic heterocycles. The largest absolute Gasteiger partial charge is 0.373 e. The molecular formula is C14H18N4S. The molecule has 0 amide bonds. The van der Waals surface area contributed by atoms with Crippen LogP contribution >= 0.6 is 11.3 Å². The smallest absolute Gasteiger partial charge is 0.136 e. The fourth-order valence-corrected chi connectivity index (χ4v) is 2.72. The van der Waals surface area contributed by atoms with Crippen LogP contribution in [0.2, 0.25) is 0 Å². The van der Waals surface area contributed by atoms with E-state index < -0.39 is 0 Å². The first-order chi connectivity index (χ1) is 9.28. The zero-order valence-electron chi connectivity index (χ0n) is 11.2. The fraction of sp³-hybridized carbons (Fsp3) is 0.429. The van der Waals surface area contributed by atoms with E-state index >= 15 is 0 Å². The van der Waals surface area contributed by atoms with Crippen molar-refractivity contribution in [2.75, 3.05) is 17.7 Å². The predicted molar refractivity (Wildman–Crippen MR) is 79.9 cm³/mol. The lowest BCUT2D eigenvalue weighted by Crippen LogP contribution is -2.09. The average molecular weight is 274 g/mol. The Morgan fingerprint density at radius 2 is 2.11 bits per heavy atom. The van der Waals surface area contributed by atoms with Crippen molar-refractivity contribution < 1.29 is 0 Å². The van der Waals surface area contributed by atoms with Gasteiger partial charge in [-0.1, -0.05) is 0 Å². The monoisotopic (exact) mass is 274 g/mol. The first-order valence-electron chi connectivity index (χ1n) is 6.59. The molecule has 1 aliphatic carbocycles. The summed E-state index contributed by atoms with van der Waals surface area (Å²) in [7, 11) is 1.91. The summed E-state index contributed by atoms with van der Waals surface area (Å²) in [4.78, 5) is 9.28. The second-order valence-electron chi connectivity index (χ2n) is 4.91. The zero-order valence-corrected chi connectivity index (χ0v) is 12.0. The van der Waals surface area contributed by atoms with Gasteiger partial charge in [-0.15, -0.1) is 0 Å². The highest BCUT2D eigenvalue weighted by atomic mass is 32.1. The third kappa shape index (κ3) is 2.71. The molecule has 0 unspecified atom stereocenters. The molecule has 0 aliphatic heterocycles. The number of rotatable bonds is 5. The van der Waals surface area contributed by atoms with E-state index in [1.807, 2.05) is 7.05 Å². The molecule has 0 radical (unpaired) electrons. The molecule has 1 saturated carbocycles. The van der Waals surface area contributed by atoms with Gasteiger partial charge in [0.2, 0.25) is 0 Å².